The van der Waals surface area contributed by atoms with Crippen LogP contribution in [0, 0.1) is 0 Å². The Morgan fingerprint density at radius 2 is 1.10 bits per heavy atom. The summed E-state index contributed by atoms with van der Waals surface area (Å²) in [6, 6.07) is 10.4. The maximum atomic E-state index is 12.5. The Balaban J connectivity index is 1.79. The van der Waals surface area contributed by atoms with Gasteiger partial charge in [-0.15, -0.1) is 0 Å². The molecule has 0 saturated heterocycles. The van der Waals surface area contributed by atoms with Crippen molar-refractivity contribution in [2.45, 2.75) is 0 Å². The number of carbonyl (C=O) groups is 2. The Labute approximate surface area is 172 Å². The van der Waals surface area contributed by atoms with Crippen LogP contribution >= 0.6 is 0 Å². The number of methoxy groups -OCH3 is 2. The third-order valence-corrected chi connectivity index (χ3v) is 4.52. The highest BCUT2D eigenvalue weighted by molar-refractivity contribution is 6.12. The molecule has 154 valence electrons. The smallest absolute Gasteiger partial charge is 0.338 e. The SMILES string of the molecule is COC(=O)C(=Cc1ccc2c(c1)OCO2)C(=Cc1ccc2c(c1)OCO2)C(=O)OC. The average molecular weight is 410 g/mol. The summed E-state index contributed by atoms with van der Waals surface area (Å²) in [5.74, 6) is 0.932. The van der Waals surface area contributed by atoms with Crippen molar-refractivity contribution >= 4 is 24.1 Å². The molecule has 2 aromatic rings. The first-order valence-electron chi connectivity index (χ1n) is 8.98. The van der Waals surface area contributed by atoms with E-state index in [-0.39, 0.29) is 24.7 Å². The largest absolute Gasteiger partial charge is 0.465 e. The molecule has 8 nitrogen and oxygen atoms in total. The van der Waals surface area contributed by atoms with Crippen LogP contribution in [-0.2, 0) is 19.1 Å². The topological polar surface area (TPSA) is 89.5 Å². The quantitative estimate of drug-likeness (QED) is 0.422. The Bertz CT molecular complexity index is 981. The molecule has 0 aliphatic carbocycles. The number of ether oxygens (including phenoxy) is 6. The van der Waals surface area contributed by atoms with Crippen LogP contribution in [0.3, 0.4) is 0 Å². The van der Waals surface area contributed by atoms with Crippen LogP contribution in [0.15, 0.2) is 47.5 Å². The fourth-order valence-electron chi connectivity index (χ4n) is 3.05. The minimum Gasteiger partial charge on any atom is -0.465 e. The van der Waals surface area contributed by atoms with E-state index >= 15 is 0 Å². The van der Waals surface area contributed by atoms with E-state index < -0.39 is 11.9 Å². The third kappa shape index (κ3) is 3.80. The molecule has 2 aliphatic rings. The number of benzene rings is 2. The van der Waals surface area contributed by atoms with Gasteiger partial charge in [-0.2, -0.15) is 0 Å². The van der Waals surface area contributed by atoms with Gasteiger partial charge in [0.25, 0.3) is 0 Å². The maximum absolute atomic E-state index is 12.5. The van der Waals surface area contributed by atoms with Gasteiger partial charge in [-0.3, -0.25) is 0 Å². The minimum absolute atomic E-state index is 0.0286. The molecule has 4 rings (SSSR count). The summed E-state index contributed by atoms with van der Waals surface area (Å²) in [5, 5.41) is 0. The lowest BCUT2D eigenvalue weighted by molar-refractivity contribution is -0.139. The van der Waals surface area contributed by atoms with E-state index in [0.717, 1.165) is 0 Å². The van der Waals surface area contributed by atoms with Crippen molar-refractivity contribution in [1.29, 1.82) is 0 Å². The van der Waals surface area contributed by atoms with Crippen molar-refractivity contribution in [3.63, 3.8) is 0 Å². The second kappa shape index (κ2) is 8.20. The zero-order chi connectivity index (χ0) is 21.1. The summed E-state index contributed by atoms with van der Waals surface area (Å²) < 4.78 is 31.2. The highest BCUT2D eigenvalue weighted by Crippen LogP contribution is 2.35. The van der Waals surface area contributed by atoms with Crippen LogP contribution < -0.4 is 18.9 Å². The molecule has 2 heterocycles. The summed E-state index contributed by atoms with van der Waals surface area (Å²) in [4.78, 5) is 25.1. The summed E-state index contributed by atoms with van der Waals surface area (Å²) in [6.45, 7) is 0.258. The van der Waals surface area contributed by atoms with Crippen LogP contribution in [0.25, 0.3) is 12.2 Å². The normalized spacial score (nSPS) is 14.5. The molecule has 8 heteroatoms. The van der Waals surface area contributed by atoms with Gasteiger partial charge in [-0.25, -0.2) is 9.59 Å². The molecule has 0 amide bonds. The molecule has 0 N–H and O–H groups in total. The van der Waals surface area contributed by atoms with E-state index in [0.29, 0.717) is 34.1 Å². The lowest BCUT2D eigenvalue weighted by Gasteiger charge is -2.10. The van der Waals surface area contributed by atoms with Gasteiger partial charge in [0.1, 0.15) is 0 Å². The van der Waals surface area contributed by atoms with Crippen LogP contribution in [0.1, 0.15) is 11.1 Å². The lowest BCUT2D eigenvalue weighted by Crippen LogP contribution is -2.15. The zero-order valence-corrected chi connectivity index (χ0v) is 16.3. The molecule has 0 atom stereocenters. The number of hydrogen-bond donors (Lipinski definition) is 0. The average Bonchev–Trinajstić information content (AvgIpc) is 3.43. The van der Waals surface area contributed by atoms with Crippen molar-refractivity contribution in [2.75, 3.05) is 27.8 Å². The van der Waals surface area contributed by atoms with Gasteiger partial charge in [0.2, 0.25) is 13.6 Å². The molecule has 0 spiro atoms. The second-order valence-electron chi connectivity index (χ2n) is 6.32. The van der Waals surface area contributed by atoms with E-state index in [4.69, 9.17) is 28.4 Å². The van der Waals surface area contributed by atoms with E-state index in [1.807, 2.05) is 0 Å². The maximum Gasteiger partial charge on any atom is 0.338 e. The summed E-state index contributed by atoms with van der Waals surface area (Å²) in [6.07, 6.45) is 3.06. The molecule has 0 unspecified atom stereocenters. The van der Waals surface area contributed by atoms with E-state index in [9.17, 15) is 9.59 Å². The van der Waals surface area contributed by atoms with Crippen molar-refractivity contribution in [1.82, 2.24) is 0 Å². The molecule has 0 bridgehead atoms. The van der Waals surface area contributed by atoms with Gasteiger partial charge in [0.05, 0.1) is 25.4 Å². The Morgan fingerprint density at radius 1 is 0.700 bits per heavy atom. The fourth-order valence-corrected chi connectivity index (χ4v) is 3.05. The summed E-state index contributed by atoms with van der Waals surface area (Å²) in [5.41, 5.74) is 1.31. The first kappa shape index (κ1) is 19.4. The van der Waals surface area contributed by atoms with Crippen LogP contribution in [0.4, 0.5) is 0 Å². The van der Waals surface area contributed by atoms with Gasteiger partial charge < -0.3 is 28.4 Å². The zero-order valence-electron chi connectivity index (χ0n) is 16.3. The molecule has 30 heavy (non-hydrogen) atoms. The standard InChI is InChI=1S/C22H18O8/c1-25-21(23)15(7-13-3-5-17-19(9-13)29-11-27-17)16(22(24)26-2)8-14-4-6-18-20(10-14)30-12-28-18/h3-10H,11-12H2,1-2H3. The highest BCUT2D eigenvalue weighted by Gasteiger charge is 2.24. The first-order valence-corrected chi connectivity index (χ1v) is 8.98. The predicted octanol–water partition coefficient (Wildman–Crippen LogP) is 2.96. The van der Waals surface area contributed by atoms with Crippen molar-refractivity contribution in [2.24, 2.45) is 0 Å². The molecule has 2 aliphatic heterocycles. The molecule has 0 radical (unpaired) electrons. The van der Waals surface area contributed by atoms with Crippen molar-refractivity contribution in [3.05, 3.63) is 58.7 Å². The Hall–Kier alpha value is -3.94. The molecule has 0 fully saturated rings. The van der Waals surface area contributed by atoms with Crippen molar-refractivity contribution in [3.8, 4) is 23.0 Å². The fraction of sp³-hybridized carbons (Fsp3) is 0.182. The van der Waals surface area contributed by atoms with Crippen LogP contribution in [0.5, 0.6) is 23.0 Å². The first-order chi connectivity index (χ1) is 14.6. The Morgan fingerprint density at radius 3 is 1.50 bits per heavy atom. The summed E-state index contributed by atoms with van der Waals surface area (Å²) in [7, 11) is 2.48. The molecule has 0 aromatic heterocycles. The number of rotatable bonds is 5. The van der Waals surface area contributed by atoms with E-state index in [2.05, 4.69) is 0 Å². The van der Waals surface area contributed by atoms with Gasteiger partial charge in [-0.05, 0) is 47.5 Å². The number of carbonyl (C=O) groups excluding carboxylic acids is 2. The minimum atomic E-state index is -0.690. The number of fused-ring (bicyclic) bond motifs is 2. The second-order valence-corrected chi connectivity index (χ2v) is 6.32. The molecular formula is C22H18O8. The van der Waals surface area contributed by atoms with E-state index in [1.54, 1.807) is 36.4 Å². The summed E-state index contributed by atoms with van der Waals surface area (Å²) >= 11 is 0. The van der Waals surface area contributed by atoms with E-state index in [1.165, 1.54) is 26.4 Å². The highest BCUT2D eigenvalue weighted by atomic mass is 16.7. The monoisotopic (exact) mass is 410 g/mol. The van der Waals surface area contributed by atoms with Gasteiger partial charge >= 0.3 is 11.9 Å². The number of esters is 2. The predicted molar refractivity (Wildman–Crippen MR) is 105 cm³/mol. The third-order valence-electron chi connectivity index (χ3n) is 4.52. The van der Waals surface area contributed by atoms with Gasteiger partial charge in [-0.1, -0.05) is 12.1 Å². The lowest BCUT2D eigenvalue weighted by atomic mass is 9.99. The van der Waals surface area contributed by atoms with Crippen LogP contribution in [0.2, 0.25) is 0 Å². The molecular weight excluding hydrogens is 392 g/mol. The van der Waals surface area contributed by atoms with Crippen molar-refractivity contribution < 1.29 is 38.0 Å². The molecule has 0 saturated carbocycles. The van der Waals surface area contributed by atoms with Gasteiger partial charge in [0, 0.05) is 0 Å². The Kier molecular flexibility index (Phi) is 5.30. The molecule has 2 aromatic carbocycles. The van der Waals surface area contributed by atoms with Crippen LogP contribution in [-0.4, -0.2) is 39.7 Å². The van der Waals surface area contributed by atoms with Gasteiger partial charge in [0.15, 0.2) is 23.0 Å². The number of hydrogen-bond acceptors (Lipinski definition) is 8.